The molecule has 40 heavy (non-hydrogen) atoms. The molecule has 7 nitrogen and oxygen atoms in total. The molecule has 9 heteroatoms. The molecule has 7 atom stereocenters. The molecule has 2 bridgehead atoms. The van der Waals surface area contributed by atoms with E-state index in [0.29, 0.717) is 22.6 Å². The first-order chi connectivity index (χ1) is 19.3. The number of anilines is 1. The largest absolute Gasteiger partial charge is 0.497 e. The third-order valence-corrected chi connectivity index (χ3v) is 11.5. The second kappa shape index (κ2) is 10.6. The van der Waals surface area contributed by atoms with E-state index in [9.17, 15) is 19.2 Å². The van der Waals surface area contributed by atoms with Crippen LogP contribution in [-0.2, 0) is 14.3 Å². The summed E-state index contributed by atoms with van der Waals surface area (Å²) in [6, 6.07) is 21.6. The normalized spacial score (nSPS) is 27.4. The number of ketones is 1. The van der Waals surface area contributed by atoms with Gasteiger partial charge in [0, 0.05) is 20.8 Å². The number of imide groups is 1. The monoisotopic (exact) mass is 665 g/mol. The van der Waals surface area contributed by atoms with E-state index in [4.69, 9.17) is 9.47 Å². The number of ether oxygens (including phenoxy) is 2. The summed E-state index contributed by atoms with van der Waals surface area (Å²) < 4.78 is 10.9. The minimum absolute atomic E-state index is 0.119. The summed E-state index contributed by atoms with van der Waals surface area (Å²) in [5.74, 6) is -1.24. The minimum Gasteiger partial charge on any atom is -0.497 e. The van der Waals surface area contributed by atoms with E-state index >= 15 is 0 Å². The zero-order valence-corrected chi connectivity index (χ0v) is 24.6. The Kier molecular flexibility index (Phi) is 7.12. The third kappa shape index (κ3) is 4.39. The van der Waals surface area contributed by atoms with Crippen LogP contribution in [0.25, 0.3) is 0 Å². The fraction of sp³-hybridized carbons (Fsp3) is 0.290. The Morgan fingerprint density at radius 2 is 1.35 bits per heavy atom. The first-order valence-corrected chi connectivity index (χ1v) is 14.8. The SMILES string of the molecule is COc1ccc(C(=O)[C@H](OC(=O)c2ccc(N3C(=O)[C@@H]4[C@H]5C[C@@H]([C@@H](Br)[C@H]5Br)[C@H]4C3=O)cc2)c2ccccc2)cc1. The van der Waals surface area contributed by atoms with Crippen LogP contribution in [0.1, 0.15) is 38.8 Å². The highest BCUT2D eigenvalue weighted by Crippen LogP contribution is 2.60. The number of halogens is 2. The van der Waals surface area contributed by atoms with E-state index in [1.54, 1.807) is 67.8 Å². The summed E-state index contributed by atoms with van der Waals surface area (Å²) in [5, 5.41) is 0. The predicted octanol–water partition coefficient (Wildman–Crippen LogP) is 5.76. The summed E-state index contributed by atoms with van der Waals surface area (Å²) >= 11 is 7.41. The number of carbonyl (C=O) groups is 4. The van der Waals surface area contributed by atoms with Gasteiger partial charge >= 0.3 is 5.97 Å². The van der Waals surface area contributed by atoms with Crippen molar-refractivity contribution in [2.75, 3.05) is 12.0 Å². The summed E-state index contributed by atoms with van der Waals surface area (Å²) in [5.41, 5.74) is 1.54. The van der Waals surface area contributed by atoms with E-state index in [0.717, 1.165) is 6.42 Å². The van der Waals surface area contributed by atoms with Crippen LogP contribution in [-0.4, -0.2) is 40.3 Å². The molecular weight excluding hydrogens is 642 g/mol. The number of alkyl halides is 2. The molecule has 0 unspecified atom stereocenters. The van der Waals surface area contributed by atoms with Gasteiger partial charge in [0.15, 0.2) is 6.10 Å². The lowest BCUT2D eigenvalue weighted by molar-refractivity contribution is -0.123. The second-order valence-corrected chi connectivity index (χ2v) is 12.5. The Morgan fingerprint density at radius 1 is 0.800 bits per heavy atom. The Bertz CT molecular complexity index is 1440. The van der Waals surface area contributed by atoms with Crippen molar-refractivity contribution in [2.45, 2.75) is 22.2 Å². The van der Waals surface area contributed by atoms with E-state index in [-0.39, 0.29) is 56.5 Å². The maximum atomic E-state index is 13.4. The molecule has 2 amide bonds. The molecule has 0 aromatic heterocycles. The molecule has 1 aliphatic heterocycles. The lowest BCUT2D eigenvalue weighted by atomic mass is 9.81. The standard InChI is InChI=1S/C31H25Br2NO6/c1-39-20-13-9-16(10-14-20)27(35)28(17-5-3-2-4-6-17)40-31(38)18-7-11-19(12-8-18)34-29(36)23-21-15-22(24(23)30(34)37)26(33)25(21)32/h2-14,21-26,28H,15H2,1H3/t21-,22-,23-,24-,25-,26+,28-/m1/s1. The van der Waals surface area contributed by atoms with Gasteiger partial charge in [-0.2, -0.15) is 0 Å². The fourth-order valence-corrected chi connectivity index (χ4v) is 8.21. The number of hydrogen-bond acceptors (Lipinski definition) is 6. The molecular formula is C31H25Br2NO6. The number of carbonyl (C=O) groups excluding carboxylic acids is 4. The van der Waals surface area contributed by atoms with Crippen molar-refractivity contribution in [3.8, 4) is 5.75 Å². The number of methoxy groups -OCH3 is 1. The minimum atomic E-state index is -1.16. The van der Waals surface area contributed by atoms with Crippen molar-refractivity contribution in [1.82, 2.24) is 0 Å². The van der Waals surface area contributed by atoms with E-state index < -0.39 is 12.1 Å². The number of amides is 2. The van der Waals surface area contributed by atoms with Crippen molar-refractivity contribution in [3.63, 3.8) is 0 Å². The Balaban J connectivity index is 1.21. The van der Waals surface area contributed by atoms with Gasteiger partial charge in [-0.25, -0.2) is 4.79 Å². The van der Waals surface area contributed by atoms with Crippen LogP contribution < -0.4 is 9.64 Å². The molecule has 1 saturated heterocycles. The highest BCUT2D eigenvalue weighted by atomic mass is 79.9. The fourth-order valence-electron chi connectivity index (χ4n) is 6.33. The molecule has 0 radical (unpaired) electrons. The molecule has 6 rings (SSSR count). The molecule has 2 saturated carbocycles. The number of benzene rings is 3. The maximum Gasteiger partial charge on any atom is 0.339 e. The number of esters is 1. The zero-order chi connectivity index (χ0) is 28.1. The van der Waals surface area contributed by atoms with Crippen LogP contribution in [0.2, 0.25) is 0 Å². The lowest BCUT2D eigenvalue weighted by Gasteiger charge is -2.28. The average Bonchev–Trinajstić information content (AvgIpc) is 3.60. The van der Waals surface area contributed by atoms with E-state index in [2.05, 4.69) is 31.9 Å². The molecule has 3 aliphatic rings. The van der Waals surface area contributed by atoms with Crippen molar-refractivity contribution in [2.24, 2.45) is 23.7 Å². The van der Waals surface area contributed by atoms with Gasteiger partial charge < -0.3 is 9.47 Å². The van der Waals surface area contributed by atoms with Crippen LogP contribution >= 0.6 is 31.9 Å². The van der Waals surface area contributed by atoms with Gasteiger partial charge in [0.1, 0.15) is 5.75 Å². The molecule has 3 fully saturated rings. The summed E-state index contributed by atoms with van der Waals surface area (Å²) in [7, 11) is 1.54. The smallest absolute Gasteiger partial charge is 0.339 e. The highest BCUT2D eigenvalue weighted by Gasteiger charge is 2.66. The van der Waals surface area contributed by atoms with Crippen molar-refractivity contribution < 1.29 is 28.7 Å². The van der Waals surface area contributed by atoms with Gasteiger partial charge in [-0.3, -0.25) is 19.3 Å². The van der Waals surface area contributed by atoms with Crippen LogP contribution in [0.15, 0.2) is 78.9 Å². The topological polar surface area (TPSA) is 90.0 Å². The molecule has 0 spiro atoms. The molecule has 1 heterocycles. The average molecular weight is 667 g/mol. The molecule has 0 N–H and O–H groups in total. The van der Waals surface area contributed by atoms with E-state index in [1.165, 1.54) is 17.0 Å². The first-order valence-electron chi connectivity index (χ1n) is 13.0. The second-order valence-electron chi connectivity index (χ2n) is 10.4. The molecule has 2 aliphatic carbocycles. The van der Waals surface area contributed by atoms with Gasteiger partial charge in [-0.1, -0.05) is 62.2 Å². The van der Waals surface area contributed by atoms with Gasteiger partial charge in [0.05, 0.1) is 30.2 Å². The first kappa shape index (κ1) is 26.9. The Labute approximate surface area is 248 Å². The van der Waals surface area contributed by atoms with Crippen LogP contribution in [0.3, 0.4) is 0 Å². The maximum absolute atomic E-state index is 13.4. The molecule has 3 aromatic rings. The van der Waals surface area contributed by atoms with Crippen molar-refractivity contribution in [1.29, 1.82) is 0 Å². The van der Waals surface area contributed by atoms with Crippen molar-refractivity contribution in [3.05, 3.63) is 95.6 Å². The van der Waals surface area contributed by atoms with Gasteiger partial charge in [-0.15, -0.1) is 0 Å². The van der Waals surface area contributed by atoms with Crippen LogP contribution in [0.4, 0.5) is 5.69 Å². The third-order valence-electron chi connectivity index (χ3n) is 8.29. The number of Topliss-reactive ketones (excluding diaryl/α,β-unsaturated/α-hetero) is 1. The zero-order valence-electron chi connectivity index (χ0n) is 21.4. The summed E-state index contributed by atoms with van der Waals surface area (Å²) in [6.07, 6.45) is -0.303. The van der Waals surface area contributed by atoms with Crippen LogP contribution in [0, 0.1) is 23.7 Å². The van der Waals surface area contributed by atoms with E-state index in [1.807, 2.05) is 6.07 Å². The van der Waals surface area contributed by atoms with Gasteiger partial charge in [-0.05, 0) is 66.8 Å². The lowest BCUT2D eigenvalue weighted by Crippen LogP contribution is -2.37. The Hall–Kier alpha value is -3.30. The molecule has 3 aromatic carbocycles. The number of fused-ring (bicyclic) bond motifs is 5. The summed E-state index contributed by atoms with van der Waals surface area (Å²) in [4.78, 5) is 54.9. The van der Waals surface area contributed by atoms with Gasteiger partial charge in [0.2, 0.25) is 17.6 Å². The Morgan fingerprint density at radius 3 is 1.90 bits per heavy atom. The molecule has 204 valence electrons. The van der Waals surface area contributed by atoms with Crippen molar-refractivity contribution >= 4 is 61.1 Å². The van der Waals surface area contributed by atoms with Crippen LogP contribution in [0.5, 0.6) is 5.75 Å². The van der Waals surface area contributed by atoms with Gasteiger partial charge in [0.25, 0.3) is 0 Å². The predicted molar refractivity (Wildman–Crippen MR) is 155 cm³/mol. The summed E-state index contributed by atoms with van der Waals surface area (Å²) in [6.45, 7) is 0. The number of nitrogens with zero attached hydrogens (tertiary/aromatic N) is 1. The quantitative estimate of drug-likeness (QED) is 0.138. The number of hydrogen-bond donors (Lipinski definition) is 0. The highest BCUT2D eigenvalue weighted by molar-refractivity contribution is 9.12. The number of rotatable bonds is 7.